The van der Waals surface area contributed by atoms with Gasteiger partial charge in [-0.25, -0.2) is 0 Å². The average molecular weight is 210 g/mol. The van der Waals surface area contributed by atoms with E-state index in [4.69, 9.17) is 15.2 Å². The lowest BCUT2D eigenvalue weighted by atomic mass is 10.1. The number of nitrogens with zero attached hydrogens (tertiary/aromatic N) is 1. The van der Waals surface area contributed by atoms with Gasteiger partial charge in [0, 0.05) is 13.3 Å². The molecule has 4 nitrogen and oxygen atoms in total. The van der Waals surface area contributed by atoms with Gasteiger partial charge >= 0.3 is 0 Å². The molecule has 0 aliphatic heterocycles. The van der Waals surface area contributed by atoms with Gasteiger partial charge in [0.25, 0.3) is 0 Å². The molecule has 1 aromatic rings. The fourth-order valence-electron chi connectivity index (χ4n) is 1.42. The van der Waals surface area contributed by atoms with E-state index in [0.29, 0.717) is 0 Å². The molecule has 84 valence electrons. The molecule has 2 atom stereocenters. The maximum atomic E-state index is 6.03. The van der Waals surface area contributed by atoms with Crippen LogP contribution in [0.25, 0.3) is 0 Å². The number of ether oxygens (including phenoxy) is 2. The van der Waals surface area contributed by atoms with Gasteiger partial charge in [0.15, 0.2) is 0 Å². The van der Waals surface area contributed by atoms with Crippen LogP contribution in [0.5, 0.6) is 5.75 Å². The highest BCUT2D eigenvalue weighted by Crippen LogP contribution is 2.23. The second-order valence-corrected chi connectivity index (χ2v) is 3.48. The number of nitrogens with two attached hydrogens (primary N) is 1. The second kappa shape index (κ2) is 5.68. The molecular formula is C11H18N2O2. The Balaban J connectivity index is 2.76. The zero-order valence-corrected chi connectivity index (χ0v) is 9.43. The van der Waals surface area contributed by atoms with Gasteiger partial charge in [-0.15, -0.1) is 0 Å². The topological polar surface area (TPSA) is 57.4 Å². The molecule has 0 aromatic carbocycles. The van der Waals surface area contributed by atoms with Crippen LogP contribution in [0.15, 0.2) is 18.3 Å². The summed E-state index contributed by atoms with van der Waals surface area (Å²) in [5.74, 6) is 0.730. The molecule has 2 N–H and O–H groups in total. The molecule has 0 saturated carbocycles. The summed E-state index contributed by atoms with van der Waals surface area (Å²) in [7, 11) is 3.29. The molecule has 1 rings (SSSR count). The normalized spacial score (nSPS) is 14.7. The Labute approximate surface area is 90.4 Å². The van der Waals surface area contributed by atoms with E-state index in [1.165, 1.54) is 0 Å². The fourth-order valence-corrected chi connectivity index (χ4v) is 1.42. The first-order valence-electron chi connectivity index (χ1n) is 4.96. The molecule has 0 bridgehead atoms. The Morgan fingerprint density at radius 2 is 2.20 bits per heavy atom. The Morgan fingerprint density at radius 1 is 1.47 bits per heavy atom. The number of methoxy groups -OCH3 is 2. The van der Waals surface area contributed by atoms with Crippen LogP contribution in [-0.4, -0.2) is 25.3 Å². The van der Waals surface area contributed by atoms with E-state index < -0.39 is 0 Å². The Hall–Kier alpha value is -1.13. The van der Waals surface area contributed by atoms with Crippen LogP contribution in [0.1, 0.15) is 25.1 Å². The summed E-state index contributed by atoms with van der Waals surface area (Å²) in [4.78, 5) is 4.23. The summed E-state index contributed by atoms with van der Waals surface area (Å²) in [5, 5.41) is 0. The maximum Gasteiger partial charge on any atom is 0.141 e. The highest BCUT2D eigenvalue weighted by molar-refractivity contribution is 5.29. The second-order valence-electron chi connectivity index (χ2n) is 3.48. The zero-order chi connectivity index (χ0) is 11.3. The van der Waals surface area contributed by atoms with Gasteiger partial charge in [-0.1, -0.05) is 0 Å². The molecule has 0 saturated heterocycles. The van der Waals surface area contributed by atoms with E-state index in [1.54, 1.807) is 20.4 Å². The number of hydrogen-bond acceptors (Lipinski definition) is 4. The van der Waals surface area contributed by atoms with Crippen LogP contribution in [0.2, 0.25) is 0 Å². The molecule has 0 aliphatic carbocycles. The van der Waals surface area contributed by atoms with Gasteiger partial charge in [0.2, 0.25) is 0 Å². The van der Waals surface area contributed by atoms with Crippen molar-refractivity contribution in [1.82, 2.24) is 4.98 Å². The van der Waals surface area contributed by atoms with E-state index in [2.05, 4.69) is 4.98 Å². The van der Waals surface area contributed by atoms with Gasteiger partial charge in [-0.05, 0) is 25.5 Å². The van der Waals surface area contributed by atoms with E-state index in [0.717, 1.165) is 17.9 Å². The van der Waals surface area contributed by atoms with Gasteiger partial charge in [-0.3, -0.25) is 4.98 Å². The Kier molecular flexibility index (Phi) is 4.52. The van der Waals surface area contributed by atoms with Crippen molar-refractivity contribution >= 4 is 0 Å². The summed E-state index contributed by atoms with van der Waals surface area (Å²) >= 11 is 0. The van der Waals surface area contributed by atoms with Gasteiger partial charge < -0.3 is 15.2 Å². The quantitative estimate of drug-likeness (QED) is 0.800. The van der Waals surface area contributed by atoms with Crippen LogP contribution >= 0.6 is 0 Å². The Morgan fingerprint density at radius 3 is 2.80 bits per heavy atom. The lowest BCUT2D eigenvalue weighted by Crippen LogP contribution is -2.19. The van der Waals surface area contributed by atoms with Crippen LogP contribution in [0, 0.1) is 0 Å². The molecule has 0 spiro atoms. The number of pyridine rings is 1. The molecular weight excluding hydrogens is 192 g/mol. The van der Waals surface area contributed by atoms with Crippen molar-refractivity contribution in [3.63, 3.8) is 0 Å². The first-order valence-corrected chi connectivity index (χ1v) is 4.96. The predicted molar refractivity (Wildman–Crippen MR) is 58.8 cm³/mol. The minimum absolute atomic E-state index is 0.117. The van der Waals surface area contributed by atoms with E-state index >= 15 is 0 Å². The van der Waals surface area contributed by atoms with Crippen LogP contribution in [-0.2, 0) is 4.74 Å². The summed E-state index contributed by atoms with van der Waals surface area (Å²) in [6.45, 7) is 1.98. The standard InChI is InChI=1S/C11H18N2O2/c1-8(14-2)7-9(12)11-10(15-3)5-4-6-13-11/h4-6,8-9H,7,12H2,1-3H3. The van der Waals surface area contributed by atoms with Crippen molar-refractivity contribution < 1.29 is 9.47 Å². The largest absolute Gasteiger partial charge is 0.495 e. The molecule has 2 unspecified atom stereocenters. The third-order valence-corrected chi connectivity index (χ3v) is 2.36. The molecule has 0 amide bonds. The van der Waals surface area contributed by atoms with Crippen LogP contribution in [0.4, 0.5) is 0 Å². The minimum atomic E-state index is -0.156. The zero-order valence-electron chi connectivity index (χ0n) is 9.43. The van der Waals surface area contributed by atoms with E-state index in [-0.39, 0.29) is 12.1 Å². The molecule has 1 heterocycles. The van der Waals surface area contributed by atoms with Gasteiger partial charge in [0.05, 0.1) is 24.9 Å². The number of aromatic nitrogens is 1. The van der Waals surface area contributed by atoms with Gasteiger partial charge in [-0.2, -0.15) is 0 Å². The first-order chi connectivity index (χ1) is 7.19. The van der Waals surface area contributed by atoms with Crippen molar-refractivity contribution in [3.8, 4) is 5.75 Å². The van der Waals surface area contributed by atoms with Crippen molar-refractivity contribution in [3.05, 3.63) is 24.0 Å². The van der Waals surface area contributed by atoms with E-state index in [9.17, 15) is 0 Å². The molecule has 1 aromatic heterocycles. The van der Waals surface area contributed by atoms with Crippen molar-refractivity contribution in [2.45, 2.75) is 25.5 Å². The highest BCUT2D eigenvalue weighted by atomic mass is 16.5. The van der Waals surface area contributed by atoms with Crippen LogP contribution in [0.3, 0.4) is 0 Å². The summed E-state index contributed by atoms with van der Waals surface area (Å²) in [5.41, 5.74) is 6.81. The van der Waals surface area contributed by atoms with Crippen molar-refractivity contribution in [2.75, 3.05) is 14.2 Å². The average Bonchev–Trinajstić information content (AvgIpc) is 2.28. The molecule has 15 heavy (non-hydrogen) atoms. The minimum Gasteiger partial charge on any atom is -0.495 e. The third-order valence-electron chi connectivity index (χ3n) is 2.36. The number of rotatable bonds is 5. The lowest BCUT2D eigenvalue weighted by molar-refractivity contribution is 0.104. The molecule has 0 aliphatic rings. The first kappa shape index (κ1) is 11.9. The lowest BCUT2D eigenvalue weighted by Gasteiger charge is -2.17. The van der Waals surface area contributed by atoms with Crippen molar-refractivity contribution in [1.29, 1.82) is 0 Å². The van der Waals surface area contributed by atoms with Gasteiger partial charge in [0.1, 0.15) is 5.75 Å². The maximum absolute atomic E-state index is 6.03. The molecule has 0 fully saturated rings. The summed E-state index contributed by atoms with van der Waals surface area (Å²) in [6.07, 6.45) is 2.56. The summed E-state index contributed by atoms with van der Waals surface area (Å²) in [6, 6.07) is 3.53. The van der Waals surface area contributed by atoms with Crippen molar-refractivity contribution in [2.24, 2.45) is 5.73 Å². The predicted octanol–water partition coefficient (Wildman–Crippen LogP) is 1.51. The summed E-state index contributed by atoms with van der Waals surface area (Å²) < 4.78 is 10.4. The Bertz CT molecular complexity index is 304. The number of hydrogen-bond donors (Lipinski definition) is 1. The smallest absolute Gasteiger partial charge is 0.141 e. The third kappa shape index (κ3) is 3.18. The molecule has 4 heteroatoms. The van der Waals surface area contributed by atoms with E-state index in [1.807, 2.05) is 19.1 Å². The fraction of sp³-hybridized carbons (Fsp3) is 0.545. The SMILES string of the molecule is COc1cccnc1C(N)CC(C)OC. The highest BCUT2D eigenvalue weighted by Gasteiger charge is 2.15. The van der Waals surface area contributed by atoms with Crippen LogP contribution < -0.4 is 10.5 Å². The monoisotopic (exact) mass is 210 g/mol. The molecule has 0 radical (unpaired) electrons.